The van der Waals surface area contributed by atoms with E-state index in [1.165, 1.54) is 0 Å². The summed E-state index contributed by atoms with van der Waals surface area (Å²) in [4.78, 5) is 0. The van der Waals surface area contributed by atoms with Crippen molar-refractivity contribution < 1.29 is 0 Å². The zero-order chi connectivity index (χ0) is 7.35. The molecule has 0 unspecified atom stereocenters. The molecule has 3 heteroatoms. The molecule has 2 aliphatic rings. The van der Waals surface area contributed by atoms with Crippen molar-refractivity contribution in [1.82, 2.24) is 0 Å². The standard InChI is InChI=1S/C7H7Cl3/c8-6-4-1-2-5(3-4)7(6,9)10/h1-2,4-6H,3H2/t4-,5+,6+/m1/s1. The topological polar surface area (TPSA) is 0 Å². The fourth-order valence-electron chi connectivity index (χ4n) is 1.72. The second-order valence-corrected chi connectivity index (χ2v) is 4.88. The van der Waals surface area contributed by atoms with E-state index in [2.05, 4.69) is 12.2 Å². The SMILES string of the molecule is Cl[C@H]1[C@@H]2C=C[C@@H](C2)C1(Cl)Cl. The average Bonchev–Trinajstić information content (AvgIpc) is 2.37. The zero-order valence-corrected chi connectivity index (χ0v) is 7.50. The van der Waals surface area contributed by atoms with Gasteiger partial charge in [0, 0.05) is 5.92 Å². The zero-order valence-electron chi connectivity index (χ0n) is 5.23. The van der Waals surface area contributed by atoms with Crippen molar-refractivity contribution in [2.24, 2.45) is 11.8 Å². The number of alkyl halides is 3. The van der Waals surface area contributed by atoms with Gasteiger partial charge in [-0.1, -0.05) is 35.4 Å². The lowest BCUT2D eigenvalue weighted by molar-refractivity contribution is 0.657. The minimum Gasteiger partial charge on any atom is -0.119 e. The quantitative estimate of drug-likeness (QED) is 0.414. The smallest absolute Gasteiger partial charge is 0.119 e. The second-order valence-electron chi connectivity index (χ2n) is 2.97. The number of allylic oxidation sites excluding steroid dienone is 2. The highest BCUT2D eigenvalue weighted by molar-refractivity contribution is 6.53. The summed E-state index contributed by atoms with van der Waals surface area (Å²) < 4.78 is -0.707. The lowest BCUT2D eigenvalue weighted by Gasteiger charge is -2.25. The molecule has 0 saturated heterocycles. The highest BCUT2D eigenvalue weighted by atomic mass is 35.5. The minimum absolute atomic E-state index is 0.0918. The van der Waals surface area contributed by atoms with Crippen LogP contribution in [-0.4, -0.2) is 9.71 Å². The van der Waals surface area contributed by atoms with E-state index in [0.29, 0.717) is 5.92 Å². The van der Waals surface area contributed by atoms with Gasteiger partial charge in [-0.15, -0.1) is 11.6 Å². The molecular formula is C7H7Cl3. The van der Waals surface area contributed by atoms with E-state index in [4.69, 9.17) is 34.8 Å². The summed E-state index contributed by atoms with van der Waals surface area (Å²) in [5.74, 6) is 0.685. The number of rotatable bonds is 0. The van der Waals surface area contributed by atoms with Gasteiger partial charge >= 0.3 is 0 Å². The normalized spacial score (nSPS) is 48.5. The minimum atomic E-state index is -0.707. The van der Waals surface area contributed by atoms with Gasteiger partial charge in [0.1, 0.15) is 4.33 Å². The van der Waals surface area contributed by atoms with Crippen molar-refractivity contribution in [3.63, 3.8) is 0 Å². The number of fused-ring (bicyclic) bond motifs is 2. The van der Waals surface area contributed by atoms with Crippen molar-refractivity contribution in [2.45, 2.75) is 16.1 Å². The van der Waals surface area contributed by atoms with E-state index in [1.807, 2.05) is 0 Å². The van der Waals surface area contributed by atoms with Gasteiger partial charge in [-0.05, 0) is 12.3 Å². The molecule has 3 atom stereocenters. The largest absolute Gasteiger partial charge is 0.141 e. The first-order valence-corrected chi connectivity index (χ1v) is 4.52. The number of hydrogen-bond donors (Lipinski definition) is 0. The summed E-state index contributed by atoms with van der Waals surface area (Å²) in [6, 6.07) is 0. The molecule has 0 spiro atoms. The second kappa shape index (κ2) is 2.06. The van der Waals surface area contributed by atoms with Crippen LogP contribution in [0.5, 0.6) is 0 Å². The summed E-state index contributed by atoms with van der Waals surface area (Å²) in [5.41, 5.74) is 0. The maximum absolute atomic E-state index is 6.00. The van der Waals surface area contributed by atoms with E-state index in [1.54, 1.807) is 0 Å². The van der Waals surface area contributed by atoms with Crippen LogP contribution in [0.2, 0.25) is 0 Å². The van der Waals surface area contributed by atoms with Crippen molar-refractivity contribution in [3.8, 4) is 0 Å². The van der Waals surface area contributed by atoms with Crippen molar-refractivity contribution >= 4 is 34.8 Å². The Labute approximate surface area is 75.1 Å². The molecule has 10 heavy (non-hydrogen) atoms. The van der Waals surface area contributed by atoms with Crippen LogP contribution in [0.3, 0.4) is 0 Å². The van der Waals surface area contributed by atoms with Gasteiger partial charge in [0.15, 0.2) is 0 Å². The number of halogens is 3. The van der Waals surface area contributed by atoms with E-state index >= 15 is 0 Å². The maximum Gasteiger partial charge on any atom is 0.141 e. The molecule has 0 heterocycles. The highest BCUT2D eigenvalue weighted by Crippen LogP contribution is 2.54. The predicted octanol–water partition coefficient (Wildman–Crippen LogP) is 2.97. The van der Waals surface area contributed by atoms with Crippen LogP contribution in [0.25, 0.3) is 0 Å². The Bertz CT molecular complexity index is 185. The van der Waals surface area contributed by atoms with Gasteiger partial charge in [0.25, 0.3) is 0 Å². The monoisotopic (exact) mass is 196 g/mol. The van der Waals surface area contributed by atoms with Crippen LogP contribution in [0.1, 0.15) is 6.42 Å². The van der Waals surface area contributed by atoms with E-state index < -0.39 is 4.33 Å². The summed E-state index contributed by atoms with van der Waals surface area (Å²) in [7, 11) is 0. The van der Waals surface area contributed by atoms with E-state index in [-0.39, 0.29) is 11.3 Å². The molecule has 56 valence electrons. The highest BCUT2D eigenvalue weighted by Gasteiger charge is 2.53. The van der Waals surface area contributed by atoms with Gasteiger partial charge in [0.05, 0.1) is 5.38 Å². The Morgan fingerprint density at radius 1 is 1.30 bits per heavy atom. The van der Waals surface area contributed by atoms with Crippen LogP contribution in [-0.2, 0) is 0 Å². The third kappa shape index (κ3) is 0.760. The predicted molar refractivity (Wildman–Crippen MR) is 44.8 cm³/mol. The number of hydrogen-bond acceptors (Lipinski definition) is 0. The van der Waals surface area contributed by atoms with Crippen LogP contribution < -0.4 is 0 Å². The molecule has 2 aliphatic carbocycles. The van der Waals surface area contributed by atoms with Gasteiger partial charge in [-0.2, -0.15) is 0 Å². The molecule has 1 saturated carbocycles. The Morgan fingerprint density at radius 3 is 2.30 bits per heavy atom. The Kier molecular flexibility index (Phi) is 1.50. The molecular weight excluding hydrogens is 190 g/mol. The van der Waals surface area contributed by atoms with Crippen molar-refractivity contribution in [3.05, 3.63) is 12.2 Å². The third-order valence-corrected chi connectivity index (χ3v) is 4.28. The lowest BCUT2D eigenvalue weighted by Crippen LogP contribution is -2.30. The Morgan fingerprint density at radius 2 is 2.00 bits per heavy atom. The summed E-state index contributed by atoms with van der Waals surface area (Å²) in [6.45, 7) is 0. The molecule has 2 rings (SSSR count). The molecule has 0 N–H and O–H groups in total. The van der Waals surface area contributed by atoms with Crippen molar-refractivity contribution in [1.29, 1.82) is 0 Å². The van der Waals surface area contributed by atoms with Crippen molar-refractivity contribution in [2.75, 3.05) is 0 Å². The van der Waals surface area contributed by atoms with E-state index in [0.717, 1.165) is 6.42 Å². The molecule has 2 bridgehead atoms. The first-order valence-electron chi connectivity index (χ1n) is 3.32. The molecule has 0 nitrogen and oxygen atoms in total. The van der Waals surface area contributed by atoms with Gasteiger partial charge in [0.2, 0.25) is 0 Å². The molecule has 1 fully saturated rings. The first kappa shape index (κ1) is 7.27. The third-order valence-electron chi connectivity index (χ3n) is 2.35. The maximum atomic E-state index is 6.00. The van der Waals surface area contributed by atoms with Crippen LogP contribution >= 0.6 is 34.8 Å². The van der Waals surface area contributed by atoms with Crippen LogP contribution in [0.4, 0.5) is 0 Å². The summed E-state index contributed by atoms with van der Waals surface area (Å²) in [5, 5.41) is -0.0918. The molecule has 0 radical (unpaired) electrons. The summed E-state index contributed by atoms with van der Waals surface area (Å²) in [6.07, 6.45) is 5.22. The van der Waals surface area contributed by atoms with Crippen LogP contribution in [0.15, 0.2) is 12.2 Å². The lowest BCUT2D eigenvalue weighted by atomic mass is 10.1. The molecule has 0 aromatic heterocycles. The summed E-state index contributed by atoms with van der Waals surface area (Å²) >= 11 is 18.0. The Hall–Kier alpha value is 0.610. The van der Waals surface area contributed by atoms with Gasteiger partial charge < -0.3 is 0 Å². The molecule has 0 aromatic rings. The van der Waals surface area contributed by atoms with Crippen LogP contribution in [0, 0.1) is 11.8 Å². The fourth-order valence-corrected chi connectivity index (χ4v) is 2.72. The van der Waals surface area contributed by atoms with Gasteiger partial charge in [-0.25, -0.2) is 0 Å². The first-order chi connectivity index (χ1) is 4.62. The van der Waals surface area contributed by atoms with E-state index in [9.17, 15) is 0 Å². The molecule has 0 aliphatic heterocycles. The molecule has 0 amide bonds. The Balaban J connectivity index is 2.35. The molecule has 0 aromatic carbocycles. The fraction of sp³-hybridized carbons (Fsp3) is 0.714. The van der Waals surface area contributed by atoms with Gasteiger partial charge in [-0.3, -0.25) is 0 Å². The average molecular weight is 197 g/mol.